The SMILES string of the molecule is CCNC(=NCCCN(C(C)C)C(C)C)NC1CCN(CC(=O)NC)CC1.I. The largest absolute Gasteiger partial charge is 0.358 e. The van der Waals surface area contributed by atoms with E-state index in [0.717, 1.165) is 57.9 Å². The highest BCUT2D eigenvalue weighted by Gasteiger charge is 2.21. The minimum Gasteiger partial charge on any atom is -0.358 e. The van der Waals surface area contributed by atoms with Gasteiger partial charge in [0.1, 0.15) is 0 Å². The molecule has 0 aromatic carbocycles. The lowest BCUT2D eigenvalue weighted by molar-refractivity contribution is -0.122. The maximum absolute atomic E-state index is 11.5. The molecule has 3 N–H and O–H groups in total. The number of hydrogen-bond acceptors (Lipinski definition) is 4. The second-order valence-electron chi connectivity index (χ2n) is 7.91. The summed E-state index contributed by atoms with van der Waals surface area (Å²) >= 11 is 0. The maximum Gasteiger partial charge on any atom is 0.233 e. The molecule has 0 atom stereocenters. The van der Waals surface area contributed by atoms with Gasteiger partial charge in [-0.2, -0.15) is 0 Å². The Morgan fingerprint density at radius 2 is 1.79 bits per heavy atom. The molecule has 1 fully saturated rings. The van der Waals surface area contributed by atoms with E-state index in [1.165, 1.54) is 0 Å². The topological polar surface area (TPSA) is 72.0 Å². The van der Waals surface area contributed by atoms with Crippen molar-refractivity contribution >= 4 is 35.8 Å². The summed E-state index contributed by atoms with van der Waals surface area (Å²) in [6.07, 6.45) is 3.14. The van der Waals surface area contributed by atoms with Crippen molar-refractivity contribution in [3.05, 3.63) is 0 Å². The summed E-state index contributed by atoms with van der Waals surface area (Å²) in [4.78, 5) is 21.0. The van der Waals surface area contributed by atoms with Gasteiger partial charge < -0.3 is 16.0 Å². The van der Waals surface area contributed by atoms with Crippen LogP contribution >= 0.6 is 24.0 Å². The zero-order valence-electron chi connectivity index (χ0n) is 18.8. The fourth-order valence-electron chi connectivity index (χ4n) is 3.59. The van der Waals surface area contributed by atoms with Crippen molar-refractivity contribution in [2.45, 2.75) is 72.0 Å². The molecule has 0 radical (unpaired) electrons. The number of carbonyl (C=O) groups is 1. The van der Waals surface area contributed by atoms with Crippen molar-refractivity contribution < 1.29 is 4.79 Å². The lowest BCUT2D eigenvalue weighted by Crippen LogP contribution is -2.50. The Morgan fingerprint density at radius 3 is 2.29 bits per heavy atom. The van der Waals surface area contributed by atoms with Crippen molar-refractivity contribution in [3.8, 4) is 0 Å². The molecule has 166 valence electrons. The van der Waals surface area contributed by atoms with Gasteiger partial charge in [0.25, 0.3) is 0 Å². The first-order chi connectivity index (χ1) is 12.9. The third kappa shape index (κ3) is 10.8. The van der Waals surface area contributed by atoms with Gasteiger partial charge in [-0.1, -0.05) is 0 Å². The maximum atomic E-state index is 11.5. The van der Waals surface area contributed by atoms with E-state index in [4.69, 9.17) is 4.99 Å². The number of piperidine rings is 1. The van der Waals surface area contributed by atoms with Crippen LogP contribution in [0.5, 0.6) is 0 Å². The molecule has 1 aliphatic rings. The predicted molar refractivity (Wildman–Crippen MR) is 130 cm³/mol. The molecule has 0 aromatic heterocycles. The number of nitrogens with one attached hydrogen (secondary N) is 3. The fraction of sp³-hybridized carbons (Fsp3) is 0.900. The molecule has 1 amide bonds. The fourth-order valence-corrected chi connectivity index (χ4v) is 3.59. The van der Waals surface area contributed by atoms with Crippen LogP contribution in [0.1, 0.15) is 53.9 Å². The van der Waals surface area contributed by atoms with Crippen molar-refractivity contribution in [2.75, 3.05) is 46.3 Å². The number of hydrogen-bond donors (Lipinski definition) is 3. The monoisotopic (exact) mass is 510 g/mol. The summed E-state index contributed by atoms with van der Waals surface area (Å²) in [5.74, 6) is 1.01. The average Bonchev–Trinajstić information content (AvgIpc) is 2.62. The molecule has 0 aliphatic carbocycles. The Balaban J connectivity index is 0.00000729. The Morgan fingerprint density at radius 1 is 1.18 bits per heavy atom. The Labute approximate surface area is 189 Å². The number of guanidine groups is 1. The van der Waals surface area contributed by atoms with Crippen LogP contribution in [-0.2, 0) is 4.79 Å². The first-order valence-corrected chi connectivity index (χ1v) is 10.6. The number of rotatable bonds is 10. The van der Waals surface area contributed by atoms with Crippen LogP contribution in [0.4, 0.5) is 0 Å². The third-order valence-electron chi connectivity index (χ3n) is 5.09. The van der Waals surface area contributed by atoms with Crippen LogP contribution in [0.25, 0.3) is 0 Å². The van der Waals surface area contributed by atoms with E-state index >= 15 is 0 Å². The second kappa shape index (κ2) is 15.3. The highest BCUT2D eigenvalue weighted by atomic mass is 127. The zero-order chi connectivity index (χ0) is 20.2. The number of amides is 1. The van der Waals surface area contributed by atoms with Gasteiger partial charge in [0.15, 0.2) is 5.96 Å². The standard InChI is InChI=1S/C20H42N6O.HI/c1-7-22-20(23-11-8-12-26(16(2)3)17(4)5)24-18-9-13-25(14-10-18)15-19(27)21-6;/h16-18H,7-15H2,1-6H3,(H,21,27)(H2,22,23,24);1H. The highest BCUT2D eigenvalue weighted by molar-refractivity contribution is 14.0. The summed E-state index contributed by atoms with van der Waals surface area (Å²) in [5.41, 5.74) is 0. The Kier molecular flexibility index (Phi) is 14.9. The summed E-state index contributed by atoms with van der Waals surface area (Å²) in [6.45, 7) is 16.3. The summed E-state index contributed by atoms with van der Waals surface area (Å²) in [6, 6.07) is 1.56. The molecular formula is C20H43IN6O. The van der Waals surface area contributed by atoms with Gasteiger partial charge in [-0.15, -0.1) is 24.0 Å². The molecule has 0 aromatic rings. The van der Waals surface area contributed by atoms with E-state index in [0.29, 0.717) is 24.7 Å². The van der Waals surface area contributed by atoms with Crippen LogP contribution in [-0.4, -0.2) is 86.1 Å². The van der Waals surface area contributed by atoms with Gasteiger partial charge in [0.2, 0.25) is 5.91 Å². The Bertz CT molecular complexity index is 442. The minimum atomic E-state index is 0. The lowest BCUT2D eigenvalue weighted by atomic mass is 10.1. The first kappa shape index (κ1) is 27.4. The van der Waals surface area contributed by atoms with Crippen LogP contribution in [0.2, 0.25) is 0 Å². The minimum absolute atomic E-state index is 0. The number of halogens is 1. The average molecular weight is 511 g/mol. The second-order valence-corrected chi connectivity index (χ2v) is 7.91. The Hall–Kier alpha value is -0.610. The van der Waals surface area contributed by atoms with Crippen molar-refractivity contribution in [2.24, 2.45) is 4.99 Å². The van der Waals surface area contributed by atoms with Crippen LogP contribution < -0.4 is 16.0 Å². The van der Waals surface area contributed by atoms with Gasteiger partial charge in [-0.3, -0.25) is 19.6 Å². The number of aliphatic imine (C=N–C) groups is 1. The molecule has 7 nitrogen and oxygen atoms in total. The summed E-state index contributed by atoms with van der Waals surface area (Å²) in [5, 5.41) is 9.63. The molecule has 1 rings (SSSR count). The molecule has 28 heavy (non-hydrogen) atoms. The quantitative estimate of drug-likeness (QED) is 0.181. The van der Waals surface area contributed by atoms with E-state index in [2.05, 4.69) is 60.4 Å². The van der Waals surface area contributed by atoms with Crippen molar-refractivity contribution in [1.82, 2.24) is 25.8 Å². The number of likely N-dealkylation sites (N-methyl/N-ethyl adjacent to an activating group) is 1. The highest BCUT2D eigenvalue weighted by Crippen LogP contribution is 2.10. The van der Waals surface area contributed by atoms with Crippen molar-refractivity contribution in [3.63, 3.8) is 0 Å². The lowest BCUT2D eigenvalue weighted by Gasteiger charge is -2.32. The van der Waals surface area contributed by atoms with Gasteiger partial charge in [-0.05, 0) is 53.9 Å². The van der Waals surface area contributed by atoms with E-state index < -0.39 is 0 Å². The van der Waals surface area contributed by atoms with E-state index in [9.17, 15) is 4.79 Å². The van der Waals surface area contributed by atoms with Gasteiger partial charge in [0.05, 0.1) is 6.54 Å². The zero-order valence-corrected chi connectivity index (χ0v) is 21.1. The smallest absolute Gasteiger partial charge is 0.233 e. The summed E-state index contributed by atoms with van der Waals surface area (Å²) in [7, 11) is 1.69. The summed E-state index contributed by atoms with van der Waals surface area (Å²) < 4.78 is 0. The van der Waals surface area contributed by atoms with Crippen LogP contribution in [0.15, 0.2) is 4.99 Å². The molecule has 0 saturated carbocycles. The van der Waals surface area contributed by atoms with Crippen molar-refractivity contribution in [1.29, 1.82) is 0 Å². The third-order valence-corrected chi connectivity index (χ3v) is 5.09. The van der Waals surface area contributed by atoms with E-state index in [1.807, 2.05) is 0 Å². The number of carbonyl (C=O) groups excluding carboxylic acids is 1. The molecule has 0 unspecified atom stereocenters. The molecular weight excluding hydrogens is 467 g/mol. The molecule has 1 heterocycles. The van der Waals surface area contributed by atoms with E-state index in [1.54, 1.807) is 7.05 Å². The molecule has 1 aliphatic heterocycles. The molecule has 8 heteroatoms. The first-order valence-electron chi connectivity index (χ1n) is 10.6. The molecule has 1 saturated heterocycles. The van der Waals surface area contributed by atoms with Gasteiger partial charge in [0, 0.05) is 57.9 Å². The van der Waals surface area contributed by atoms with Crippen LogP contribution in [0.3, 0.4) is 0 Å². The van der Waals surface area contributed by atoms with Gasteiger partial charge >= 0.3 is 0 Å². The van der Waals surface area contributed by atoms with Crippen LogP contribution in [0, 0.1) is 0 Å². The van der Waals surface area contributed by atoms with Gasteiger partial charge in [-0.25, -0.2) is 0 Å². The molecule has 0 spiro atoms. The number of likely N-dealkylation sites (tertiary alicyclic amines) is 1. The van der Waals surface area contributed by atoms with E-state index in [-0.39, 0.29) is 29.9 Å². The number of nitrogens with zero attached hydrogens (tertiary/aromatic N) is 3. The predicted octanol–water partition coefficient (Wildman–Crippen LogP) is 1.88. The normalized spacial score (nSPS) is 16.4. The molecule has 0 bridgehead atoms.